The van der Waals surface area contributed by atoms with Crippen molar-refractivity contribution in [3.05, 3.63) is 104 Å². The minimum absolute atomic E-state index is 0.107. The number of carbonyl (C=O) groups is 1. The van der Waals surface area contributed by atoms with E-state index in [1.807, 2.05) is 74.5 Å². The first-order valence-electron chi connectivity index (χ1n) is 13.0. The van der Waals surface area contributed by atoms with Crippen LogP contribution < -0.4 is 14.9 Å². The maximum absolute atomic E-state index is 13.9. The van der Waals surface area contributed by atoms with Crippen LogP contribution >= 0.6 is 0 Å². The number of aryl methyl sites for hydroxylation is 2. The second-order valence-corrected chi connectivity index (χ2v) is 10.4. The smallest absolute Gasteiger partial charge is 0.291 e. The van der Waals surface area contributed by atoms with Gasteiger partial charge >= 0.3 is 0 Å². The van der Waals surface area contributed by atoms with E-state index in [1.54, 1.807) is 12.0 Å². The van der Waals surface area contributed by atoms with Crippen molar-refractivity contribution in [2.24, 2.45) is 5.92 Å². The summed E-state index contributed by atoms with van der Waals surface area (Å²) in [7, 11) is 1.62. The fourth-order valence-electron chi connectivity index (χ4n) is 4.90. The van der Waals surface area contributed by atoms with Crippen molar-refractivity contribution in [3.63, 3.8) is 0 Å². The predicted molar refractivity (Wildman–Crippen MR) is 148 cm³/mol. The summed E-state index contributed by atoms with van der Waals surface area (Å²) in [4.78, 5) is 29.5. The van der Waals surface area contributed by atoms with Crippen molar-refractivity contribution in [1.29, 1.82) is 0 Å². The third-order valence-electron chi connectivity index (χ3n) is 7.23. The molecule has 38 heavy (non-hydrogen) atoms. The highest BCUT2D eigenvalue weighted by atomic mass is 16.5. The molecule has 1 aromatic heterocycles. The fourth-order valence-corrected chi connectivity index (χ4v) is 4.90. The summed E-state index contributed by atoms with van der Waals surface area (Å²) in [6.45, 7) is 9.16. The molecule has 0 saturated heterocycles. The Morgan fingerprint density at radius 3 is 2.39 bits per heavy atom. The zero-order valence-electron chi connectivity index (χ0n) is 22.5. The predicted octanol–water partition coefficient (Wildman–Crippen LogP) is 6.59. The summed E-state index contributed by atoms with van der Waals surface area (Å²) in [6, 6.07) is 18.4. The van der Waals surface area contributed by atoms with Gasteiger partial charge < -0.3 is 18.8 Å². The van der Waals surface area contributed by atoms with Crippen LogP contribution in [-0.2, 0) is 6.54 Å². The first kappa shape index (κ1) is 25.6. The topological polar surface area (TPSA) is 69.0 Å². The Hall–Kier alpha value is -4.06. The maximum atomic E-state index is 13.9. The molecule has 0 fully saturated rings. The lowest BCUT2D eigenvalue weighted by Gasteiger charge is -2.25. The Bertz CT molecular complexity index is 1550. The average molecular weight is 512 g/mol. The Morgan fingerprint density at radius 1 is 0.947 bits per heavy atom. The number of ether oxygens (including phenoxy) is 2. The monoisotopic (exact) mass is 511 g/mol. The third kappa shape index (κ3) is 4.78. The first-order chi connectivity index (χ1) is 18.3. The molecule has 5 rings (SSSR count). The molecule has 0 radical (unpaired) electrons. The van der Waals surface area contributed by atoms with E-state index >= 15 is 0 Å². The molecule has 6 heteroatoms. The summed E-state index contributed by atoms with van der Waals surface area (Å²) >= 11 is 0. The van der Waals surface area contributed by atoms with Gasteiger partial charge in [0.1, 0.15) is 17.1 Å². The zero-order chi connectivity index (χ0) is 27.0. The van der Waals surface area contributed by atoms with E-state index in [2.05, 4.69) is 13.8 Å². The number of hydrogen-bond acceptors (Lipinski definition) is 5. The van der Waals surface area contributed by atoms with Gasteiger partial charge in [0.2, 0.25) is 5.76 Å². The summed E-state index contributed by atoms with van der Waals surface area (Å²) in [5.41, 5.74) is 4.36. The van der Waals surface area contributed by atoms with Crippen LogP contribution in [0, 0.1) is 19.8 Å². The van der Waals surface area contributed by atoms with Crippen LogP contribution in [0.25, 0.3) is 11.0 Å². The lowest BCUT2D eigenvalue weighted by molar-refractivity contribution is 0.0714. The highest BCUT2D eigenvalue weighted by Gasteiger charge is 2.43. The van der Waals surface area contributed by atoms with Crippen LogP contribution in [0.4, 0.5) is 0 Å². The summed E-state index contributed by atoms with van der Waals surface area (Å²) in [5, 5.41) is 0.486. The Morgan fingerprint density at radius 2 is 1.68 bits per heavy atom. The van der Waals surface area contributed by atoms with Crippen molar-refractivity contribution < 1.29 is 18.7 Å². The fraction of sp³-hybridized carbons (Fsp3) is 0.312. The number of benzene rings is 3. The van der Waals surface area contributed by atoms with Crippen LogP contribution in [0.1, 0.15) is 64.7 Å². The largest absolute Gasteiger partial charge is 0.497 e. The Balaban J connectivity index is 1.63. The number of amides is 1. The molecule has 1 atom stereocenters. The van der Waals surface area contributed by atoms with Crippen molar-refractivity contribution in [2.75, 3.05) is 13.7 Å². The second-order valence-electron chi connectivity index (χ2n) is 10.4. The quantitative estimate of drug-likeness (QED) is 0.267. The first-order valence-corrected chi connectivity index (χ1v) is 13.0. The molecular formula is C32H33NO5. The number of nitrogens with zero attached hydrogens (tertiary/aromatic N) is 1. The van der Waals surface area contributed by atoms with Gasteiger partial charge in [-0.25, -0.2) is 0 Å². The SMILES string of the molecule is COc1ccc(CN2C(=O)c3oc4cc(C)c(C)cc4c(=O)c3C2c2cccc(OCCC(C)C)c2)cc1. The summed E-state index contributed by atoms with van der Waals surface area (Å²) in [5.74, 6) is 1.79. The van der Waals surface area contributed by atoms with Crippen molar-refractivity contribution >= 4 is 16.9 Å². The van der Waals surface area contributed by atoms with Crippen LogP contribution in [0.15, 0.2) is 69.9 Å². The van der Waals surface area contributed by atoms with Crippen LogP contribution in [0.5, 0.6) is 11.5 Å². The van der Waals surface area contributed by atoms with E-state index < -0.39 is 6.04 Å². The van der Waals surface area contributed by atoms with E-state index in [1.165, 1.54) is 0 Å². The van der Waals surface area contributed by atoms with E-state index in [4.69, 9.17) is 13.9 Å². The zero-order valence-corrected chi connectivity index (χ0v) is 22.5. The molecule has 3 aromatic carbocycles. The van der Waals surface area contributed by atoms with E-state index in [9.17, 15) is 9.59 Å². The van der Waals surface area contributed by atoms with E-state index in [0.29, 0.717) is 41.4 Å². The lowest BCUT2D eigenvalue weighted by Crippen LogP contribution is -2.29. The molecule has 0 bridgehead atoms. The van der Waals surface area contributed by atoms with Crippen molar-refractivity contribution in [1.82, 2.24) is 4.90 Å². The molecule has 1 aliphatic heterocycles. The van der Waals surface area contributed by atoms with Gasteiger partial charge in [-0.2, -0.15) is 0 Å². The van der Waals surface area contributed by atoms with Crippen LogP contribution in [0.3, 0.4) is 0 Å². The molecule has 0 N–H and O–H groups in total. The van der Waals surface area contributed by atoms with Gasteiger partial charge in [0.25, 0.3) is 5.91 Å². The van der Waals surface area contributed by atoms with E-state index in [0.717, 1.165) is 34.4 Å². The number of carbonyl (C=O) groups excluding carboxylic acids is 1. The number of fused-ring (bicyclic) bond motifs is 2. The van der Waals surface area contributed by atoms with Gasteiger partial charge in [0.05, 0.1) is 30.7 Å². The third-order valence-corrected chi connectivity index (χ3v) is 7.23. The molecular weight excluding hydrogens is 478 g/mol. The minimum atomic E-state index is -0.601. The Kier molecular flexibility index (Phi) is 6.98. The van der Waals surface area contributed by atoms with Gasteiger partial charge in [0.15, 0.2) is 5.43 Å². The van der Waals surface area contributed by atoms with Gasteiger partial charge in [-0.1, -0.05) is 38.1 Å². The molecule has 196 valence electrons. The molecule has 1 aliphatic rings. The number of hydrogen-bond donors (Lipinski definition) is 0. The summed E-state index contributed by atoms with van der Waals surface area (Å²) in [6.07, 6.45) is 0.937. The molecule has 1 amide bonds. The highest BCUT2D eigenvalue weighted by Crippen LogP contribution is 2.40. The molecule has 0 saturated carbocycles. The number of rotatable bonds is 8. The second kappa shape index (κ2) is 10.4. The maximum Gasteiger partial charge on any atom is 0.291 e. The standard InChI is InChI=1S/C32H33NO5/c1-19(2)13-14-37-25-8-6-7-23(17-25)29-28-30(34)26-15-20(3)21(4)16-27(26)38-31(28)32(35)33(29)18-22-9-11-24(36-5)12-10-22/h6-12,15-17,19,29H,13-14,18H2,1-5H3. The average Bonchev–Trinajstić information content (AvgIpc) is 3.17. The number of methoxy groups -OCH3 is 1. The molecule has 6 nitrogen and oxygen atoms in total. The molecule has 0 spiro atoms. The van der Waals surface area contributed by atoms with Crippen molar-refractivity contribution in [2.45, 2.75) is 46.7 Å². The van der Waals surface area contributed by atoms with Crippen molar-refractivity contribution in [3.8, 4) is 11.5 Å². The lowest BCUT2D eigenvalue weighted by atomic mass is 9.97. The van der Waals surface area contributed by atoms with E-state index in [-0.39, 0.29) is 17.1 Å². The highest BCUT2D eigenvalue weighted by molar-refractivity contribution is 5.99. The van der Waals surface area contributed by atoms with Gasteiger partial charge in [-0.15, -0.1) is 0 Å². The molecule has 2 heterocycles. The normalized spacial score (nSPS) is 14.8. The Labute approximate surface area is 222 Å². The molecule has 0 aliphatic carbocycles. The van der Waals surface area contributed by atoms with Crippen LogP contribution in [0.2, 0.25) is 0 Å². The molecule has 4 aromatic rings. The summed E-state index contributed by atoms with van der Waals surface area (Å²) < 4.78 is 17.5. The molecule has 1 unspecified atom stereocenters. The van der Waals surface area contributed by atoms with Gasteiger partial charge in [-0.3, -0.25) is 9.59 Å². The minimum Gasteiger partial charge on any atom is -0.497 e. The van der Waals surface area contributed by atoms with Gasteiger partial charge in [0, 0.05) is 6.54 Å². The van der Waals surface area contributed by atoms with Gasteiger partial charge in [-0.05, 0) is 84.8 Å². The van der Waals surface area contributed by atoms with Crippen LogP contribution in [-0.4, -0.2) is 24.5 Å².